The maximum Gasteiger partial charge on any atom is 0.236 e. The zero-order valence-electron chi connectivity index (χ0n) is 10.9. The highest BCUT2D eigenvalue weighted by Gasteiger charge is 2.19. The summed E-state index contributed by atoms with van der Waals surface area (Å²) in [5.74, 6) is 0.0602. The molecule has 1 fully saturated rings. The van der Waals surface area contributed by atoms with E-state index in [1.54, 1.807) is 0 Å². The number of benzene rings is 1. The Hall–Kier alpha value is -1.39. The predicted molar refractivity (Wildman–Crippen MR) is 72.1 cm³/mol. The minimum absolute atomic E-state index is 0.0602. The summed E-state index contributed by atoms with van der Waals surface area (Å²) in [5.41, 5.74) is 7.99. The van der Waals surface area contributed by atoms with Crippen LogP contribution < -0.4 is 5.73 Å². The Kier molecular flexibility index (Phi) is 4.33. The van der Waals surface area contributed by atoms with Crippen LogP contribution in [0.25, 0.3) is 0 Å². The number of hydrogen-bond donors (Lipinski definition) is 1. The maximum absolute atomic E-state index is 11.5. The van der Waals surface area contributed by atoms with Crippen molar-refractivity contribution in [2.75, 3.05) is 32.7 Å². The standard InChI is InChI=1S/C14H21N3O/c1-12-2-4-13(5-3-12)11-16-6-8-17(9-7-16)14(18)10-15/h2-5H,6-11,15H2,1H3. The predicted octanol–water partition coefficient (Wildman–Crippen LogP) is 0.598. The third-order valence-corrected chi connectivity index (χ3v) is 3.43. The van der Waals surface area contributed by atoms with Gasteiger partial charge in [0.25, 0.3) is 0 Å². The van der Waals surface area contributed by atoms with Crippen LogP contribution in [0, 0.1) is 6.92 Å². The average Bonchev–Trinajstić information content (AvgIpc) is 2.41. The molecule has 4 nitrogen and oxygen atoms in total. The van der Waals surface area contributed by atoms with Crippen LogP contribution in [0.1, 0.15) is 11.1 Å². The van der Waals surface area contributed by atoms with E-state index in [-0.39, 0.29) is 12.5 Å². The molecule has 0 spiro atoms. The van der Waals surface area contributed by atoms with Gasteiger partial charge in [0.05, 0.1) is 6.54 Å². The zero-order valence-corrected chi connectivity index (χ0v) is 10.9. The Morgan fingerprint density at radius 3 is 2.33 bits per heavy atom. The van der Waals surface area contributed by atoms with Gasteiger partial charge in [0, 0.05) is 32.7 Å². The van der Waals surface area contributed by atoms with Crippen LogP contribution in [0.15, 0.2) is 24.3 Å². The molecule has 2 N–H and O–H groups in total. The summed E-state index contributed by atoms with van der Waals surface area (Å²) in [6, 6.07) is 8.63. The highest BCUT2D eigenvalue weighted by molar-refractivity contribution is 5.78. The van der Waals surface area contributed by atoms with Gasteiger partial charge in [0.2, 0.25) is 5.91 Å². The minimum atomic E-state index is 0.0602. The van der Waals surface area contributed by atoms with Gasteiger partial charge in [0.1, 0.15) is 0 Å². The molecule has 0 radical (unpaired) electrons. The van der Waals surface area contributed by atoms with E-state index < -0.39 is 0 Å². The highest BCUT2D eigenvalue weighted by atomic mass is 16.2. The van der Waals surface area contributed by atoms with Gasteiger partial charge in [-0.2, -0.15) is 0 Å². The summed E-state index contributed by atoms with van der Waals surface area (Å²) in [6.45, 7) is 6.63. The zero-order chi connectivity index (χ0) is 13.0. The second kappa shape index (κ2) is 5.98. The molecule has 0 saturated carbocycles. The first-order chi connectivity index (χ1) is 8.69. The molecule has 0 aromatic heterocycles. The Balaban J connectivity index is 1.83. The van der Waals surface area contributed by atoms with Crippen LogP contribution in [-0.4, -0.2) is 48.4 Å². The molecule has 18 heavy (non-hydrogen) atoms. The van der Waals surface area contributed by atoms with Crippen molar-refractivity contribution in [3.63, 3.8) is 0 Å². The molecule has 1 aliphatic heterocycles. The molecule has 1 aliphatic rings. The summed E-state index contributed by atoms with van der Waals surface area (Å²) >= 11 is 0. The monoisotopic (exact) mass is 247 g/mol. The molecule has 1 amide bonds. The lowest BCUT2D eigenvalue weighted by Gasteiger charge is -2.34. The molecule has 0 bridgehead atoms. The van der Waals surface area contributed by atoms with Gasteiger partial charge in [-0.25, -0.2) is 0 Å². The van der Waals surface area contributed by atoms with Gasteiger partial charge < -0.3 is 10.6 Å². The van der Waals surface area contributed by atoms with E-state index in [1.807, 2.05) is 4.90 Å². The van der Waals surface area contributed by atoms with Crippen molar-refractivity contribution in [3.05, 3.63) is 35.4 Å². The van der Waals surface area contributed by atoms with E-state index in [9.17, 15) is 4.79 Å². The van der Waals surface area contributed by atoms with E-state index in [4.69, 9.17) is 5.73 Å². The fraction of sp³-hybridized carbons (Fsp3) is 0.500. The van der Waals surface area contributed by atoms with Crippen molar-refractivity contribution in [1.29, 1.82) is 0 Å². The van der Waals surface area contributed by atoms with E-state index in [1.165, 1.54) is 11.1 Å². The first kappa shape index (κ1) is 13.1. The smallest absolute Gasteiger partial charge is 0.236 e. The lowest BCUT2D eigenvalue weighted by Crippen LogP contribution is -2.49. The van der Waals surface area contributed by atoms with Gasteiger partial charge in [-0.15, -0.1) is 0 Å². The van der Waals surface area contributed by atoms with E-state index in [0.717, 1.165) is 32.7 Å². The summed E-state index contributed by atoms with van der Waals surface area (Å²) in [7, 11) is 0. The third kappa shape index (κ3) is 3.31. The number of nitrogens with two attached hydrogens (primary N) is 1. The molecule has 1 aromatic carbocycles. The van der Waals surface area contributed by atoms with Crippen molar-refractivity contribution < 1.29 is 4.79 Å². The quantitative estimate of drug-likeness (QED) is 0.851. The number of hydrogen-bond acceptors (Lipinski definition) is 3. The summed E-state index contributed by atoms with van der Waals surface area (Å²) in [6.07, 6.45) is 0. The van der Waals surface area contributed by atoms with Crippen molar-refractivity contribution in [2.45, 2.75) is 13.5 Å². The Labute approximate surface area is 108 Å². The fourth-order valence-electron chi connectivity index (χ4n) is 2.24. The molecule has 1 saturated heterocycles. The molecular formula is C14H21N3O. The van der Waals surface area contributed by atoms with Crippen LogP contribution in [-0.2, 0) is 11.3 Å². The fourth-order valence-corrected chi connectivity index (χ4v) is 2.24. The molecule has 2 rings (SSSR count). The SMILES string of the molecule is Cc1ccc(CN2CCN(C(=O)CN)CC2)cc1. The summed E-state index contributed by atoms with van der Waals surface area (Å²) in [5, 5.41) is 0. The average molecular weight is 247 g/mol. The molecule has 0 aliphatic carbocycles. The van der Waals surface area contributed by atoms with Gasteiger partial charge in [-0.1, -0.05) is 29.8 Å². The molecule has 1 aromatic rings. The van der Waals surface area contributed by atoms with E-state index >= 15 is 0 Å². The molecule has 0 unspecified atom stereocenters. The molecule has 4 heteroatoms. The number of rotatable bonds is 3. The van der Waals surface area contributed by atoms with Crippen LogP contribution in [0.3, 0.4) is 0 Å². The Morgan fingerprint density at radius 2 is 1.78 bits per heavy atom. The maximum atomic E-state index is 11.5. The lowest BCUT2D eigenvalue weighted by molar-refractivity contribution is -0.131. The number of amides is 1. The number of carbonyl (C=O) groups is 1. The number of aryl methyl sites for hydroxylation is 1. The van der Waals surface area contributed by atoms with Gasteiger partial charge in [0.15, 0.2) is 0 Å². The summed E-state index contributed by atoms with van der Waals surface area (Å²) < 4.78 is 0. The van der Waals surface area contributed by atoms with E-state index in [0.29, 0.717) is 0 Å². The number of piperazine rings is 1. The van der Waals surface area contributed by atoms with Gasteiger partial charge >= 0.3 is 0 Å². The third-order valence-electron chi connectivity index (χ3n) is 3.43. The molecular weight excluding hydrogens is 226 g/mol. The highest BCUT2D eigenvalue weighted by Crippen LogP contribution is 2.09. The first-order valence-electron chi connectivity index (χ1n) is 6.45. The Morgan fingerprint density at radius 1 is 1.17 bits per heavy atom. The van der Waals surface area contributed by atoms with Crippen molar-refractivity contribution in [3.8, 4) is 0 Å². The van der Waals surface area contributed by atoms with Crippen LogP contribution in [0.5, 0.6) is 0 Å². The summed E-state index contributed by atoms with van der Waals surface area (Å²) in [4.78, 5) is 15.7. The second-order valence-electron chi connectivity index (χ2n) is 4.85. The van der Waals surface area contributed by atoms with Crippen molar-refractivity contribution in [2.24, 2.45) is 5.73 Å². The molecule has 98 valence electrons. The van der Waals surface area contributed by atoms with Crippen molar-refractivity contribution >= 4 is 5.91 Å². The topological polar surface area (TPSA) is 49.6 Å². The minimum Gasteiger partial charge on any atom is -0.339 e. The van der Waals surface area contributed by atoms with Crippen LogP contribution >= 0.6 is 0 Å². The van der Waals surface area contributed by atoms with Gasteiger partial charge in [-0.05, 0) is 12.5 Å². The molecule has 1 heterocycles. The first-order valence-corrected chi connectivity index (χ1v) is 6.45. The Bertz CT molecular complexity index is 394. The second-order valence-corrected chi connectivity index (χ2v) is 4.85. The number of nitrogens with zero attached hydrogens (tertiary/aromatic N) is 2. The normalized spacial score (nSPS) is 16.9. The number of carbonyl (C=O) groups excluding carboxylic acids is 1. The molecule has 0 atom stereocenters. The van der Waals surface area contributed by atoms with E-state index in [2.05, 4.69) is 36.1 Å². The van der Waals surface area contributed by atoms with Crippen LogP contribution in [0.2, 0.25) is 0 Å². The largest absolute Gasteiger partial charge is 0.339 e. The van der Waals surface area contributed by atoms with Crippen LogP contribution in [0.4, 0.5) is 0 Å². The lowest BCUT2D eigenvalue weighted by atomic mass is 10.1. The van der Waals surface area contributed by atoms with Gasteiger partial charge in [-0.3, -0.25) is 9.69 Å². The van der Waals surface area contributed by atoms with Crippen molar-refractivity contribution in [1.82, 2.24) is 9.80 Å².